The number of carbonyl (C=O) groups excluding carboxylic acids is 1. The Morgan fingerprint density at radius 2 is 2.00 bits per heavy atom. The summed E-state index contributed by atoms with van der Waals surface area (Å²) in [5, 5.41) is 3.24. The summed E-state index contributed by atoms with van der Waals surface area (Å²) in [6.45, 7) is 4.56. The lowest BCUT2D eigenvalue weighted by molar-refractivity contribution is -0.106. The third kappa shape index (κ3) is 2590. The topological polar surface area (TPSA) is 41.5 Å². The molecule has 0 atom stereocenters. The van der Waals surface area contributed by atoms with Gasteiger partial charge in [0.1, 0.15) is 6.29 Å². The van der Waals surface area contributed by atoms with Gasteiger partial charge in [-0.2, -0.15) is 5.10 Å². The van der Waals surface area contributed by atoms with Crippen LogP contribution < -0.4 is 5.43 Å². The molecule has 0 radical (unpaired) electrons. The van der Waals surface area contributed by atoms with Gasteiger partial charge in [0.05, 0.1) is 0 Å². The molecule has 0 bridgehead atoms. The first-order valence-electron chi connectivity index (χ1n) is 1.85. The number of rotatable bonds is 1. The Labute approximate surface area is 43.4 Å². The molecule has 0 rings (SSSR count). The Bertz CT molecular complexity index is 45.0. The highest BCUT2D eigenvalue weighted by atomic mass is 16.1. The number of hydrogen-bond donors (Lipinski definition) is 1. The molecule has 0 aromatic heterocycles. The van der Waals surface area contributed by atoms with E-state index in [1.165, 1.54) is 6.92 Å². The van der Waals surface area contributed by atoms with Crippen molar-refractivity contribution in [2.24, 2.45) is 5.10 Å². The number of carbonyl (C=O) groups is 1. The fourth-order valence-corrected chi connectivity index (χ4v) is 0. The van der Waals surface area contributed by atoms with Crippen LogP contribution in [0, 0.1) is 0 Å². The minimum atomic E-state index is 0.750. The van der Waals surface area contributed by atoms with Crippen LogP contribution in [0.1, 0.15) is 6.92 Å². The third-order valence-electron chi connectivity index (χ3n) is 0.158. The van der Waals surface area contributed by atoms with Gasteiger partial charge >= 0.3 is 0 Å². The summed E-state index contributed by atoms with van der Waals surface area (Å²) in [5.74, 6) is 0. The van der Waals surface area contributed by atoms with Crippen LogP contribution in [0.5, 0.6) is 0 Å². The molecule has 0 aromatic rings. The molecule has 1 N–H and O–H groups in total. The molecular formula is C4H10N2O. The van der Waals surface area contributed by atoms with Crippen molar-refractivity contribution in [3.05, 3.63) is 0 Å². The van der Waals surface area contributed by atoms with Crippen LogP contribution in [0.3, 0.4) is 0 Å². The van der Waals surface area contributed by atoms with Crippen molar-refractivity contribution in [3.8, 4) is 0 Å². The predicted molar refractivity (Wildman–Crippen MR) is 30.3 cm³/mol. The summed E-state index contributed by atoms with van der Waals surface area (Å²) in [7, 11) is 1.70. The van der Waals surface area contributed by atoms with Gasteiger partial charge in [-0.15, -0.1) is 0 Å². The normalized spacial score (nSPS) is 4.86. The minimum Gasteiger partial charge on any atom is -0.314 e. The van der Waals surface area contributed by atoms with Gasteiger partial charge in [-0.1, -0.05) is 0 Å². The van der Waals surface area contributed by atoms with E-state index in [0.29, 0.717) is 0 Å². The summed E-state index contributed by atoms with van der Waals surface area (Å²) < 4.78 is 0. The van der Waals surface area contributed by atoms with E-state index in [0.717, 1.165) is 6.29 Å². The number of hydrogen-bond acceptors (Lipinski definition) is 3. The van der Waals surface area contributed by atoms with Gasteiger partial charge in [-0.05, 0) is 6.92 Å². The first-order chi connectivity index (χ1) is 3.33. The molecular weight excluding hydrogens is 92.1 g/mol. The van der Waals surface area contributed by atoms with Gasteiger partial charge in [0.25, 0.3) is 0 Å². The second kappa shape index (κ2) is 19.2. The Kier molecular flexibility index (Phi) is 26.0. The monoisotopic (exact) mass is 102 g/mol. The fourth-order valence-electron chi connectivity index (χ4n) is 0. The first kappa shape index (κ1) is 9.46. The van der Waals surface area contributed by atoms with Crippen LogP contribution in [-0.2, 0) is 4.79 Å². The van der Waals surface area contributed by atoms with Crippen LogP contribution in [0.2, 0.25) is 0 Å². The maximum Gasteiger partial charge on any atom is 0.116 e. The molecule has 0 aliphatic carbocycles. The molecule has 0 aliphatic heterocycles. The molecule has 0 aromatic carbocycles. The molecule has 0 fully saturated rings. The Morgan fingerprint density at radius 1 is 1.86 bits per heavy atom. The lowest BCUT2D eigenvalue weighted by Crippen LogP contribution is -1.88. The second-order valence-corrected chi connectivity index (χ2v) is 0.617. The van der Waals surface area contributed by atoms with Gasteiger partial charge in [-0.25, -0.2) is 0 Å². The summed E-state index contributed by atoms with van der Waals surface area (Å²) in [4.78, 5) is 8.81. The molecule has 7 heavy (non-hydrogen) atoms. The van der Waals surface area contributed by atoms with E-state index in [4.69, 9.17) is 4.79 Å². The van der Waals surface area contributed by atoms with E-state index in [9.17, 15) is 0 Å². The zero-order chi connectivity index (χ0) is 6.12. The Hall–Kier alpha value is -0.860. The van der Waals surface area contributed by atoms with E-state index >= 15 is 0 Å². The molecule has 0 saturated carbocycles. The SMILES string of the molecule is C=NNC.CC=O. The maximum atomic E-state index is 8.81. The molecule has 0 unspecified atom stereocenters. The number of hydrazone groups is 1. The van der Waals surface area contributed by atoms with Crippen molar-refractivity contribution in [2.75, 3.05) is 7.05 Å². The molecule has 0 spiro atoms. The second-order valence-electron chi connectivity index (χ2n) is 0.617. The van der Waals surface area contributed by atoms with Crippen molar-refractivity contribution >= 4 is 13.0 Å². The molecule has 3 heteroatoms. The Balaban J connectivity index is 0. The van der Waals surface area contributed by atoms with E-state index in [1.54, 1.807) is 7.05 Å². The lowest BCUT2D eigenvalue weighted by Gasteiger charge is -1.71. The van der Waals surface area contributed by atoms with Crippen LogP contribution in [0.4, 0.5) is 0 Å². The van der Waals surface area contributed by atoms with Gasteiger partial charge in [0.15, 0.2) is 0 Å². The number of aldehydes is 1. The Morgan fingerprint density at radius 3 is 2.00 bits per heavy atom. The summed E-state index contributed by atoms with van der Waals surface area (Å²) in [6, 6.07) is 0. The van der Waals surface area contributed by atoms with Crippen LogP contribution in [0.15, 0.2) is 5.10 Å². The van der Waals surface area contributed by atoms with Crippen molar-refractivity contribution in [2.45, 2.75) is 6.92 Å². The van der Waals surface area contributed by atoms with Crippen molar-refractivity contribution in [1.82, 2.24) is 5.43 Å². The van der Waals surface area contributed by atoms with Gasteiger partial charge < -0.3 is 10.2 Å². The molecule has 0 saturated heterocycles. The largest absolute Gasteiger partial charge is 0.314 e. The molecule has 0 aliphatic rings. The predicted octanol–water partition coefficient (Wildman–Crippen LogP) is 0.0266. The zero-order valence-electron chi connectivity index (χ0n) is 4.64. The highest BCUT2D eigenvalue weighted by Gasteiger charge is 1.33. The average molecular weight is 102 g/mol. The average Bonchev–Trinajstić information content (AvgIpc) is 1.69. The first-order valence-corrected chi connectivity index (χ1v) is 1.85. The highest BCUT2D eigenvalue weighted by molar-refractivity contribution is 5.44. The van der Waals surface area contributed by atoms with Crippen molar-refractivity contribution < 1.29 is 4.79 Å². The maximum absolute atomic E-state index is 8.81. The van der Waals surface area contributed by atoms with E-state index < -0.39 is 0 Å². The van der Waals surface area contributed by atoms with Crippen LogP contribution in [-0.4, -0.2) is 20.1 Å². The van der Waals surface area contributed by atoms with Gasteiger partial charge in [0.2, 0.25) is 0 Å². The van der Waals surface area contributed by atoms with E-state index in [-0.39, 0.29) is 0 Å². The highest BCUT2D eigenvalue weighted by Crippen LogP contribution is 1.27. The standard InChI is InChI=1S/C2H6N2.C2H4O/c1-3-4-2;1-2-3/h4H,1H2,2H3;2H,1H3. The van der Waals surface area contributed by atoms with Crippen LogP contribution in [0.25, 0.3) is 0 Å². The van der Waals surface area contributed by atoms with Gasteiger partial charge in [0, 0.05) is 13.8 Å². The smallest absolute Gasteiger partial charge is 0.116 e. The lowest BCUT2D eigenvalue weighted by atomic mass is 11.0. The third-order valence-corrected chi connectivity index (χ3v) is 0.158. The number of nitrogens with one attached hydrogen (secondary N) is 1. The van der Waals surface area contributed by atoms with E-state index in [2.05, 4.69) is 17.2 Å². The molecule has 42 valence electrons. The summed E-state index contributed by atoms with van der Waals surface area (Å²) in [5.41, 5.74) is 2.44. The molecule has 3 nitrogen and oxygen atoms in total. The van der Waals surface area contributed by atoms with E-state index in [1.807, 2.05) is 0 Å². The zero-order valence-corrected chi connectivity index (χ0v) is 4.64. The summed E-state index contributed by atoms with van der Waals surface area (Å²) in [6.07, 6.45) is 0.750. The minimum absolute atomic E-state index is 0.750. The van der Waals surface area contributed by atoms with Crippen molar-refractivity contribution in [1.29, 1.82) is 0 Å². The fraction of sp³-hybridized carbons (Fsp3) is 0.500. The molecule has 0 amide bonds. The number of nitrogens with zero attached hydrogens (tertiary/aromatic N) is 1. The summed E-state index contributed by atoms with van der Waals surface area (Å²) >= 11 is 0. The van der Waals surface area contributed by atoms with Crippen molar-refractivity contribution in [3.63, 3.8) is 0 Å². The molecule has 0 heterocycles. The van der Waals surface area contributed by atoms with Crippen LogP contribution >= 0.6 is 0 Å². The quantitative estimate of drug-likeness (QED) is 0.288. The van der Waals surface area contributed by atoms with Gasteiger partial charge in [-0.3, -0.25) is 0 Å².